The van der Waals surface area contributed by atoms with Gasteiger partial charge < -0.3 is 9.84 Å². The van der Waals surface area contributed by atoms with Gasteiger partial charge >= 0.3 is 5.97 Å². The number of halogens is 1. The molecule has 29 heavy (non-hydrogen) atoms. The Morgan fingerprint density at radius 2 is 1.28 bits per heavy atom. The molecule has 0 atom stereocenters. The second-order valence-electron chi connectivity index (χ2n) is 6.38. The molecular weight excluding hydrogens is 430 g/mol. The lowest BCUT2D eigenvalue weighted by molar-refractivity contribution is 0.0697. The predicted octanol–water partition coefficient (Wildman–Crippen LogP) is 6.67. The number of hydrogen-bond donors (Lipinski definition) is 1. The van der Waals surface area contributed by atoms with E-state index in [9.17, 15) is 9.90 Å². The van der Waals surface area contributed by atoms with Gasteiger partial charge in [-0.15, -0.1) is 0 Å². The molecule has 0 aliphatic carbocycles. The van der Waals surface area contributed by atoms with Crippen LogP contribution < -0.4 is 4.74 Å². The Morgan fingerprint density at radius 1 is 0.759 bits per heavy atom. The standard InChI is InChI=1S/C24H16BrNO3/c25-19-10-6-16(7-11-19)22-14-18(24(27)28)15-23(26-22)17-8-12-21(13-9-17)29-20-4-2-1-3-5-20/h1-15H,(H,27,28). The summed E-state index contributed by atoms with van der Waals surface area (Å²) >= 11 is 3.41. The fraction of sp³-hybridized carbons (Fsp3) is 0. The summed E-state index contributed by atoms with van der Waals surface area (Å²) in [5.41, 5.74) is 3.05. The topological polar surface area (TPSA) is 59.4 Å². The number of aromatic carboxylic acids is 1. The van der Waals surface area contributed by atoms with Crippen LogP contribution in [0.15, 0.2) is 95.5 Å². The maximum absolute atomic E-state index is 11.6. The van der Waals surface area contributed by atoms with Crippen molar-refractivity contribution in [2.75, 3.05) is 0 Å². The summed E-state index contributed by atoms with van der Waals surface area (Å²) in [5.74, 6) is 0.460. The lowest BCUT2D eigenvalue weighted by Crippen LogP contribution is -2.00. The van der Waals surface area contributed by atoms with Gasteiger partial charge in [-0.25, -0.2) is 9.78 Å². The maximum atomic E-state index is 11.6. The Bertz CT molecular complexity index is 1140. The highest BCUT2D eigenvalue weighted by Crippen LogP contribution is 2.28. The molecule has 1 heterocycles. The molecule has 5 heteroatoms. The Morgan fingerprint density at radius 3 is 1.83 bits per heavy atom. The molecule has 0 saturated heterocycles. The minimum atomic E-state index is -0.990. The van der Waals surface area contributed by atoms with Crippen LogP contribution in [-0.4, -0.2) is 16.1 Å². The Kier molecular flexibility index (Phi) is 5.40. The van der Waals surface area contributed by atoms with Gasteiger partial charge in [-0.3, -0.25) is 0 Å². The molecule has 1 N–H and O–H groups in total. The van der Waals surface area contributed by atoms with Crippen LogP contribution in [-0.2, 0) is 0 Å². The normalized spacial score (nSPS) is 10.5. The highest BCUT2D eigenvalue weighted by molar-refractivity contribution is 9.10. The highest BCUT2D eigenvalue weighted by atomic mass is 79.9. The first-order chi connectivity index (χ1) is 14.1. The van der Waals surface area contributed by atoms with Crippen LogP contribution in [0.25, 0.3) is 22.5 Å². The summed E-state index contributed by atoms with van der Waals surface area (Å²) in [6.07, 6.45) is 0. The number of hydrogen-bond acceptors (Lipinski definition) is 3. The molecule has 0 radical (unpaired) electrons. The third kappa shape index (κ3) is 4.52. The summed E-state index contributed by atoms with van der Waals surface area (Å²) in [7, 11) is 0. The van der Waals surface area contributed by atoms with Gasteiger partial charge in [0.15, 0.2) is 0 Å². The van der Waals surface area contributed by atoms with Crippen molar-refractivity contribution < 1.29 is 14.6 Å². The molecule has 0 saturated carbocycles. The molecule has 0 aliphatic rings. The number of aromatic nitrogens is 1. The first-order valence-electron chi connectivity index (χ1n) is 8.93. The largest absolute Gasteiger partial charge is 0.478 e. The summed E-state index contributed by atoms with van der Waals surface area (Å²) < 4.78 is 6.77. The second kappa shape index (κ2) is 8.29. The minimum absolute atomic E-state index is 0.192. The number of benzene rings is 3. The van der Waals surface area contributed by atoms with Gasteiger partial charge in [-0.1, -0.05) is 46.3 Å². The quantitative estimate of drug-likeness (QED) is 0.372. The number of nitrogens with zero attached hydrogens (tertiary/aromatic N) is 1. The minimum Gasteiger partial charge on any atom is -0.478 e. The average molecular weight is 446 g/mol. The van der Waals surface area contributed by atoms with E-state index in [2.05, 4.69) is 20.9 Å². The SMILES string of the molecule is O=C(O)c1cc(-c2ccc(Br)cc2)nc(-c2ccc(Oc3ccccc3)cc2)c1. The first-order valence-corrected chi connectivity index (χ1v) is 9.72. The molecule has 4 rings (SSSR count). The summed E-state index contributed by atoms with van der Waals surface area (Å²) in [6, 6.07) is 27.7. The Balaban J connectivity index is 1.68. The van der Waals surface area contributed by atoms with Crippen molar-refractivity contribution in [1.29, 1.82) is 0 Å². The molecular formula is C24H16BrNO3. The van der Waals surface area contributed by atoms with Crippen molar-refractivity contribution in [3.63, 3.8) is 0 Å². The van der Waals surface area contributed by atoms with Crippen molar-refractivity contribution >= 4 is 21.9 Å². The van der Waals surface area contributed by atoms with Crippen LogP contribution in [0.5, 0.6) is 11.5 Å². The van der Waals surface area contributed by atoms with Gasteiger partial charge in [-0.05, 0) is 60.7 Å². The molecule has 1 aromatic heterocycles. The molecule has 4 nitrogen and oxygen atoms in total. The fourth-order valence-electron chi connectivity index (χ4n) is 2.89. The highest BCUT2D eigenvalue weighted by Gasteiger charge is 2.12. The van der Waals surface area contributed by atoms with Crippen LogP contribution >= 0.6 is 15.9 Å². The number of carboxylic acids is 1. The molecule has 0 spiro atoms. The molecule has 0 bridgehead atoms. The van der Waals surface area contributed by atoms with E-state index in [1.54, 1.807) is 12.1 Å². The smallest absolute Gasteiger partial charge is 0.335 e. The average Bonchev–Trinajstić information content (AvgIpc) is 2.75. The van der Waals surface area contributed by atoms with E-state index in [4.69, 9.17) is 4.74 Å². The molecule has 0 unspecified atom stereocenters. The number of ether oxygens (including phenoxy) is 1. The van der Waals surface area contributed by atoms with Crippen molar-refractivity contribution in [2.24, 2.45) is 0 Å². The third-order valence-electron chi connectivity index (χ3n) is 4.34. The van der Waals surface area contributed by atoms with Crippen molar-refractivity contribution in [1.82, 2.24) is 4.98 Å². The third-order valence-corrected chi connectivity index (χ3v) is 4.87. The molecule has 142 valence electrons. The molecule has 0 fully saturated rings. The zero-order valence-electron chi connectivity index (χ0n) is 15.2. The summed E-state index contributed by atoms with van der Waals surface area (Å²) in [5, 5.41) is 9.52. The van der Waals surface area contributed by atoms with Gasteiger partial charge in [0.25, 0.3) is 0 Å². The maximum Gasteiger partial charge on any atom is 0.335 e. The van der Waals surface area contributed by atoms with E-state index >= 15 is 0 Å². The fourth-order valence-corrected chi connectivity index (χ4v) is 3.15. The van der Waals surface area contributed by atoms with Crippen molar-refractivity contribution in [3.05, 3.63) is 101 Å². The number of carboxylic acid groups (broad SMARTS) is 1. The van der Waals surface area contributed by atoms with E-state index < -0.39 is 5.97 Å². The van der Waals surface area contributed by atoms with E-state index in [0.717, 1.165) is 21.3 Å². The second-order valence-corrected chi connectivity index (χ2v) is 7.29. The van der Waals surface area contributed by atoms with Gasteiger partial charge in [0.2, 0.25) is 0 Å². The molecule has 3 aromatic carbocycles. The molecule has 4 aromatic rings. The molecule has 0 aliphatic heterocycles. The Hall–Kier alpha value is -3.44. The Labute approximate surface area is 176 Å². The van der Waals surface area contributed by atoms with E-state index in [1.165, 1.54) is 0 Å². The predicted molar refractivity (Wildman–Crippen MR) is 116 cm³/mol. The van der Waals surface area contributed by atoms with Crippen LogP contribution in [0.4, 0.5) is 0 Å². The lowest BCUT2D eigenvalue weighted by atomic mass is 10.0. The first kappa shape index (κ1) is 18.9. The van der Waals surface area contributed by atoms with Gasteiger partial charge in [0.05, 0.1) is 17.0 Å². The zero-order chi connectivity index (χ0) is 20.2. The van der Waals surface area contributed by atoms with Gasteiger partial charge in [0, 0.05) is 15.6 Å². The number of carbonyl (C=O) groups is 1. The lowest BCUT2D eigenvalue weighted by Gasteiger charge is -2.09. The molecule has 0 amide bonds. The number of pyridine rings is 1. The van der Waals surface area contributed by atoms with E-state index in [-0.39, 0.29) is 5.56 Å². The summed E-state index contributed by atoms with van der Waals surface area (Å²) in [6.45, 7) is 0. The van der Waals surface area contributed by atoms with Crippen LogP contribution in [0.1, 0.15) is 10.4 Å². The number of rotatable bonds is 5. The monoisotopic (exact) mass is 445 g/mol. The van der Waals surface area contributed by atoms with Crippen LogP contribution in [0.3, 0.4) is 0 Å². The number of para-hydroxylation sites is 1. The summed E-state index contributed by atoms with van der Waals surface area (Å²) in [4.78, 5) is 16.3. The van der Waals surface area contributed by atoms with Crippen molar-refractivity contribution in [3.8, 4) is 34.0 Å². The van der Waals surface area contributed by atoms with Crippen LogP contribution in [0, 0.1) is 0 Å². The van der Waals surface area contributed by atoms with Crippen LogP contribution in [0.2, 0.25) is 0 Å². The van der Waals surface area contributed by atoms with E-state index in [1.807, 2.05) is 78.9 Å². The zero-order valence-corrected chi connectivity index (χ0v) is 16.8. The van der Waals surface area contributed by atoms with Gasteiger partial charge in [0.1, 0.15) is 11.5 Å². The van der Waals surface area contributed by atoms with Crippen molar-refractivity contribution in [2.45, 2.75) is 0 Å². The van der Waals surface area contributed by atoms with Gasteiger partial charge in [-0.2, -0.15) is 0 Å². The van der Waals surface area contributed by atoms with E-state index in [0.29, 0.717) is 17.1 Å².